The third-order valence-corrected chi connectivity index (χ3v) is 12.1. The van der Waals surface area contributed by atoms with E-state index >= 15 is 0 Å². The summed E-state index contributed by atoms with van der Waals surface area (Å²) in [6.45, 7) is 12.7. The topological polar surface area (TPSA) is 50.9 Å². The van der Waals surface area contributed by atoms with Crippen LogP contribution in [0.4, 0.5) is 0 Å². The molecule has 9 aromatic rings. The standard InChI is InChI=1S/C59H54N3O.Pt/c1-37(2)44-33-49(38(3)4)57(63)52(34-44)58-61-56-48(45-30-46(32-47(31-45)59(6,7)8)53-35-43(27-28-60-53)40-19-12-9-13-20-40)25-18-26-54(56)62(58)55-36-50(41-21-14-10-15-22-41)39(5)29-51(55)42-23-16-11-17-24-42;/h9-29,31-38,63H,1-8H3;/q-1;/i5D3;. The quantitative estimate of drug-likeness (QED) is 0.147. The first-order valence-corrected chi connectivity index (χ1v) is 21.8. The Morgan fingerprint density at radius 2 is 1.25 bits per heavy atom. The summed E-state index contributed by atoms with van der Waals surface area (Å²) in [5, 5.41) is 12.4. The van der Waals surface area contributed by atoms with Crippen molar-refractivity contribution >= 4 is 11.0 Å². The van der Waals surface area contributed by atoms with Gasteiger partial charge in [0.25, 0.3) is 0 Å². The zero-order valence-electron chi connectivity index (χ0n) is 40.3. The Morgan fingerprint density at radius 3 is 1.88 bits per heavy atom. The van der Waals surface area contributed by atoms with Crippen molar-refractivity contribution in [2.75, 3.05) is 0 Å². The molecule has 322 valence electrons. The summed E-state index contributed by atoms with van der Waals surface area (Å²) in [4.78, 5) is 10.5. The van der Waals surface area contributed by atoms with Crippen LogP contribution in [0, 0.1) is 12.9 Å². The number of nitrogens with zero attached hydrogens (tertiary/aromatic N) is 3. The van der Waals surface area contributed by atoms with Crippen molar-refractivity contribution in [1.29, 1.82) is 0 Å². The van der Waals surface area contributed by atoms with Crippen molar-refractivity contribution in [3.8, 4) is 78.6 Å². The van der Waals surface area contributed by atoms with Crippen LogP contribution in [0.5, 0.6) is 5.75 Å². The minimum Gasteiger partial charge on any atom is -0.507 e. The zero-order chi connectivity index (χ0) is 46.5. The number of imidazole rings is 1. The van der Waals surface area contributed by atoms with E-state index in [-0.39, 0.29) is 49.6 Å². The molecule has 0 amide bonds. The minimum absolute atomic E-state index is 0. The molecule has 0 fully saturated rings. The second-order valence-corrected chi connectivity index (χ2v) is 18.1. The van der Waals surface area contributed by atoms with Gasteiger partial charge in [-0.1, -0.05) is 175 Å². The Labute approximate surface area is 397 Å². The van der Waals surface area contributed by atoms with E-state index in [1.54, 1.807) is 0 Å². The number of rotatable bonds is 9. The van der Waals surface area contributed by atoms with Gasteiger partial charge in [-0.25, -0.2) is 4.98 Å². The van der Waals surface area contributed by atoms with Gasteiger partial charge >= 0.3 is 0 Å². The van der Waals surface area contributed by atoms with Crippen LogP contribution in [0.3, 0.4) is 0 Å². The van der Waals surface area contributed by atoms with E-state index in [2.05, 4.69) is 114 Å². The fourth-order valence-corrected chi connectivity index (χ4v) is 8.52. The number of benzene rings is 7. The van der Waals surface area contributed by atoms with Crippen molar-refractivity contribution in [2.24, 2.45) is 0 Å². The number of aromatic nitrogens is 3. The van der Waals surface area contributed by atoms with Gasteiger partial charge in [0.1, 0.15) is 11.6 Å². The molecule has 0 aliphatic heterocycles. The van der Waals surface area contributed by atoms with E-state index in [0.29, 0.717) is 22.5 Å². The third-order valence-electron chi connectivity index (χ3n) is 12.1. The maximum absolute atomic E-state index is 12.4. The molecule has 1 N–H and O–H groups in total. The fourth-order valence-electron chi connectivity index (χ4n) is 8.52. The molecule has 2 heterocycles. The van der Waals surface area contributed by atoms with Crippen LogP contribution in [0.25, 0.3) is 83.9 Å². The second kappa shape index (κ2) is 18.0. The van der Waals surface area contributed by atoms with E-state index in [1.807, 2.05) is 109 Å². The number of aromatic hydroxyl groups is 1. The van der Waals surface area contributed by atoms with Crippen LogP contribution in [0.2, 0.25) is 0 Å². The van der Waals surface area contributed by atoms with Crippen molar-refractivity contribution < 1.29 is 30.3 Å². The van der Waals surface area contributed by atoms with E-state index in [9.17, 15) is 5.11 Å². The summed E-state index contributed by atoms with van der Waals surface area (Å²) in [6, 6.07) is 56.5. The third kappa shape index (κ3) is 8.52. The molecule has 0 aliphatic carbocycles. The first-order chi connectivity index (χ1) is 31.6. The molecule has 64 heavy (non-hydrogen) atoms. The van der Waals surface area contributed by atoms with Crippen molar-refractivity contribution in [1.82, 2.24) is 14.5 Å². The Kier molecular flexibility index (Phi) is 11.4. The van der Waals surface area contributed by atoms with Crippen LogP contribution >= 0.6 is 0 Å². The number of hydrogen-bond acceptors (Lipinski definition) is 3. The van der Waals surface area contributed by atoms with Gasteiger partial charge in [-0.15, -0.1) is 29.3 Å². The zero-order valence-corrected chi connectivity index (χ0v) is 39.6. The monoisotopic (exact) mass is 1020 g/mol. The van der Waals surface area contributed by atoms with Gasteiger partial charge in [-0.05, 0) is 98.9 Å². The molecule has 0 saturated heterocycles. The van der Waals surface area contributed by atoms with Gasteiger partial charge in [-0.3, -0.25) is 9.55 Å². The Hall–Kier alpha value is -6.35. The van der Waals surface area contributed by atoms with Crippen LogP contribution in [0.1, 0.15) is 86.7 Å². The molecule has 0 saturated carbocycles. The SMILES string of the molecule is [2H]C([2H])([2H])c1cc(-c2ccccc2)c(-n2c(-c3cc(C(C)C)cc(C(C)C)c3O)nc3c(-c4[c-]c(-c5cc(-c6ccccc6)ccn5)cc(C(C)(C)C)c4)cccc32)cc1-c1ccccc1.[Pt]. The molecule has 4 nitrogen and oxygen atoms in total. The molecule has 2 aromatic heterocycles. The number of aryl methyl sites for hydroxylation is 1. The number of para-hydroxylation sites is 1. The van der Waals surface area contributed by atoms with E-state index < -0.39 is 6.85 Å². The molecule has 9 rings (SSSR count). The molecule has 5 heteroatoms. The molecule has 0 bridgehead atoms. The maximum Gasteiger partial charge on any atom is 0.148 e. The first-order valence-electron chi connectivity index (χ1n) is 23.3. The molecule has 0 radical (unpaired) electrons. The number of phenolic OH excluding ortho intramolecular Hbond substituents is 1. The van der Waals surface area contributed by atoms with Crippen molar-refractivity contribution in [2.45, 2.75) is 72.6 Å². The van der Waals surface area contributed by atoms with Crippen molar-refractivity contribution in [3.05, 3.63) is 192 Å². The molecular formula is C59H54N3OPt-. The molecule has 0 aliphatic rings. The summed E-state index contributed by atoms with van der Waals surface area (Å²) in [7, 11) is 0. The Bertz CT molecular complexity index is 3230. The second-order valence-electron chi connectivity index (χ2n) is 18.1. The van der Waals surface area contributed by atoms with E-state index in [0.717, 1.165) is 78.1 Å². The van der Waals surface area contributed by atoms with E-state index in [4.69, 9.17) is 14.1 Å². The normalized spacial score (nSPS) is 12.5. The van der Waals surface area contributed by atoms with Gasteiger partial charge in [0.2, 0.25) is 0 Å². The largest absolute Gasteiger partial charge is 0.507 e. The summed E-state index contributed by atoms with van der Waals surface area (Å²) < 4.78 is 28.6. The Balaban J connectivity index is 0.00000608. The molecule has 0 unspecified atom stereocenters. The van der Waals surface area contributed by atoms with Crippen molar-refractivity contribution in [3.63, 3.8) is 0 Å². The molecule has 0 spiro atoms. The van der Waals surface area contributed by atoms with Crippen LogP contribution < -0.4 is 0 Å². The summed E-state index contributed by atoms with van der Waals surface area (Å²) in [6.07, 6.45) is 1.86. The molecular weight excluding hydrogens is 962 g/mol. The van der Waals surface area contributed by atoms with E-state index in [1.165, 1.54) is 0 Å². The maximum atomic E-state index is 12.4. The van der Waals surface area contributed by atoms with Gasteiger partial charge in [0.05, 0.1) is 22.3 Å². The van der Waals surface area contributed by atoms with Gasteiger partial charge in [0.15, 0.2) is 0 Å². The van der Waals surface area contributed by atoms with Gasteiger partial charge in [0, 0.05) is 42.6 Å². The van der Waals surface area contributed by atoms with Crippen LogP contribution in [-0.4, -0.2) is 19.6 Å². The Morgan fingerprint density at radius 1 is 0.609 bits per heavy atom. The van der Waals surface area contributed by atoms with Crippen LogP contribution in [0.15, 0.2) is 164 Å². The number of hydrogen-bond donors (Lipinski definition) is 1. The van der Waals surface area contributed by atoms with Gasteiger partial charge in [-0.2, -0.15) is 0 Å². The summed E-state index contributed by atoms with van der Waals surface area (Å²) in [5.74, 6) is 0.910. The number of pyridine rings is 1. The fraction of sp³-hybridized carbons (Fsp3) is 0.186. The average molecular weight is 1020 g/mol. The first kappa shape index (κ1) is 40.4. The number of phenols is 1. The molecule has 7 aromatic carbocycles. The van der Waals surface area contributed by atoms with Crippen LogP contribution in [-0.2, 0) is 26.5 Å². The summed E-state index contributed by atoms with van der Waals surface area (Å²) >= 11 is 0. The molecule has 0 atom stereocenters. The number of fused-ring (bicyclic) bond motifs is 1. The average Bonchev–Trinajstić information content (AvgIpc) is 3.70. The van der Waals surface area contributed by atoms with Gasteiger partial charge < -0.3 is 5.11 Å². The smallest absolute Gasteiger partial charge is 0.148 e. The predicted octanol–water partition coefficient (Wildman–Crippen LogP) is 15.8. The summed E-state index contributed by atoms with van der Waals surface area (Å²) in [5.41, 5.74) is 14.5. The predicted molar refractivity (Wildman–Crippen MR) is 264 cm³/mol. The minimum atomic E-state index is -2.42.